The summed E-state index contributed by atoms with van der Waals surface area (Å²) in [7, 11) is 0. The molecule has 0 radical (unpaired) electrons. The molecule has 1 rings (SSSR count). The van der Waals surface area contributed by atoms with Gasteiger partial charge in [0.05, 0.1) is 32.0 Å². The predicted octanol–water partition coefficient (Wildman–Crippen LogP) is 20.9. The van der Waals surface area contributed by atoms with Gasteiger partial charge in [-0.25, -0.2) is 0 Å². The second kappa shape index (κ2) is 68.7. The van der Waals surface area contributed by atoms with E-state index in [-0.39, 0.29) is 18.5 Å². The summed E-state index contributed by atoms with van der Waals surface area (Å²) >= 11 is 0. The lowest BCUT2D eigenvalue weighted by molar-refractivity contribution is -0.302. The van der Waals surface area contributed by atoms with Gasteiger partial charge in [-0.1, -0.05) is 325 Å². The number of amides is 1. The van der Waals surface area contributed by atoms with Crippen LogP contribution < -0.4 is 5.32 Å². The molecule has 1 aliphatic rings. The molecule has 11 heteroatoms. The van der Waals surface area contributed by atoms with Crippen molar-refractivity contribution < 1.29 is 49.3 Å². The van der Waals surface area contributed by atoms with E-state index in [0.29, 0.717) is 19.4 Å². The molecule has 532 valence electrons. The SMILES string of the molecule is CCCCCC/C=C\C/C=C\CCCCCCCC(=O)OCCCCCCCCCCCCCCC/C=C\C/C=C\CCCCCCCCCCCCCCCCCCCC(=O)NC(COC1OC(CO)C(O)C(O)C1O)C(O)/C=C/CCCCCCCCCC. The highest BCUT2D eigenvalue weighted by Gasteiger charge is 2.44. The highest BCUT2D eigenvalue weighted by molar-refractivity contribution is 5.76. The maximum absolute atomic E-state index is 13.0. The van der Waals surface area contributed by atoms with Crippen molar-refractivity contribution in [1.29, 1.82) is 0 Å². The Labute approximate surface area is 560 Å². The number of ether oxygens (including phenoxy) is 3. The molecule has 7 atom stereocenters. The van der Waals surface area contributed by atoms with Gasteiger partial charge < -0.3 is 45.1 Å². The monoisotopic (exact) mass is 1280 g/mol. The number of carbonyl (C=O) groups excluding carboxylic acids is 2. The lowest BCUT2D eigenvalue weighted by Gasteiger charge is -2.40. The van der Waals surface area contributed by atoms with Gasteiger partial charge in [-0.05, 0) is 96.3 Å². The number of carbonyl (C=O) groups is 2. The Morgan fingerprint density at radius 2 is 0.736 bits per heavy atom. The van der Waals surface area contributed by atoms with E-state index < -0.39 is 49.5 Å². The molecule has 7 unspecified atom stereocenters. The molecule has 11 nitrogen and oxygen atoms in total. The van der Waals surface area contributed by atoms with Gasteiger partial charge in [0.15, 0.2) is 6.29 Å². The van der Waals surface area contributed by atoms with E-state index in [9.17, 15) is 35.1 Å². The maximum atomic E-state index is 13.0. The van der Waals surface area contributed by atoms with Crippen LogP contribution in [0.3, 0.4) is 0 Å². The molecule has 1 heterocycles. The summed E-state index contributed by atoms with van der Waals surface area (Å²) in [6.45, 7) is 4.34. The average molecular weight is 1280 g/mol. The fourth-order valence-corrected chi connectivity index (χ4v) is 12.2. The van der Waals surface area contributed by atoms with Crippen LogP contribution in [0.4, 0.5) is 0 Å². The summed E-state index contributed by atoms with van der Waals surface area (Å²) in [5.74, 6) is -0.180. The first kappa shape index (κ1) is 86.4. The molecule has 0 aliphatic carbocycles. The third-order valence-electron chi connectivity index (χ3n) is 18.3. The Morgan fingerprint density at radius 3 is 1.12 bits per heavy atom. The molecule has 1 saturated heterocycles. The van der Waals surface area contributed by atoms with E-state index in [1.54, 1.807) is 6.08 Å². The zero-order valence-corrected chi connectivity index (χ0v) is 59.3. The van der Waals surface area contributed by atoms with Crippen LogP contribution in [0.1, 0.15) is 373 Å². The second-order valence-electron chi connectivity index (χ2n) is 27.1. The Hall–Kier alpha value is -2.64. The van der Waals surface area contributed by atoms with Crippen LogP contribution in [0.25, 0.3) is 0 Å². The molecule has 91 heavy (non-hydrogen) atoms. The molecule has 1 aliphatic heterocycles. The van der Waals surface area contributed by atoms with Crippen molar-refractivity contribution in [3.05, 3.63) is 60.8 Å². The molecule has 0 bridgehead atoms. The van der Waals surface area contributed by atoms with Crippen LogP contribution in [0.2, 0.25) is 0 Å². The average Bonchev–Trinajstić information content (AvgIpc) is 1.18. The number of hydrogen-bond donors (Lipinski definition) is 6. The first-order valence-electron chi connectivity index (χ1n) is 39.1. The summed E-state index contributed by atoms with van der Waals surface area (Å²) in [4.78, 5) is 25.1. The molecular formula is C80H147NO10. The summed E-state index contributed by atoms with van der Waals surface area (Å²) in [6, 6.07) is -0.808. The number of nitrogens with one attached hydrogen (secondary N) is 1. The summed E-state index contributed by atoms with van der Waals surface area (Å²) in [5.41, 5.74) is 0. The molecule has 0 aromatic heterocycles. The standard InChI is InChI=1S/C80H147NO10/c1-3-5-7-9-11-13-15-16-17-42-45-48-52-56-60-64-68-76(85)89-69-65-61-57-53-49-46-43-40-38-36-34-32-30-28-26-24-22-20-18-19-21-23-25-27-29-31-33-35-37-39-41-44-47-51-55-59-63-67-75(84)81-72(71-90-80-79(88)78(87)77(86)74(70-82)91-80)73(83)66-62-58-54-50-14-12-10-8-6-4-2/h13,15,17-18,20,24,26,42,62,66,72-74,77-80,82-83,86-88H,3-12,14,16,19,21-23,25,27-41,43-61,63-65,67-71H2,1-2H3,(H,81,84)/b15-13-,20-18-,26-24-,42-17-,66-62+. The fourth-order valence-electron chi connectivity index (χ4n) is 12.2. The quantitative estimate of drug-likeness (QED) is 0.0195. The van der Waals surface area contributed by atoms with Gasteiger partial charge in [0.2, 0.25) is 5.91 Å². The molecule has 0 spiro atoms. The fraction of sp³-hybridized carbons (Fsp3) is 0.850. The summed E-state index contributed by atoms with van der Waals surface area (Å²) < 4.78 is 16.7. The number of aliphatic hydroxyl groups is 5. The molecule has 0 aromatic carbocycles. The normalized spacial score (nSPS) is 17.9. The number of unbranched alkanes of at least 4 members (excludes halogenated alkanes) is 47. The van der Waals surface area contributed by atoms with Gasteiger partial charge in [-0.15, -0.1) is 0 Å². The molecule has 1 fully saturated rings. The number of allylic oxidation sites excluding steroid dienone is 9. The van der Waals surface area contributed by atoms with Crippen molar-refractivity contribution in [2.75, 3.05) is 19.8 Å². The van der Waals surface area contributed by atoms with E-state index >= 15 is 0 Å². The second-order valence-corrected chi connectivity index (χ2v) is 27.1. The van der Waals surface area contributed by atoms with Gasteiger partial charge in [-0.3, -0.25) is 9.59 Å². The molecule has 1 amide bonds. The largest absolute Gasteiger partial charge is 0.466 e. The van der Waals surface area contributed by atoms with E-state index in [4.69, 9.17) is 14.2 Å². The lowest BCUT2D eigenvalue weighted by atomic mass is 9.99. The minimum absolute atomic E-state index is 0.000909. The van der Waals surface area contributed by atoms with Gasteiger partial charge >= 0.3 is 5.97 Å². The Balaban J connectivity index is 1.89. The number of aliphatic hydroxyl groups excluding tert-OH is 5. The van der Waals surface area contributed by atoms with E-state index in [1.165, 1.54) is 276 Å². The van der Waals surface area contributed by atoms with Crippen LogP contribution in [0, 0.1) is 0 Å². The van der Waals surface area contributed by atoms with Crippen molar-refractivity contribution in [2.24, 2.45) is 0 Å². The van der Waals surface area contributed by atoms with Crippen molar-refractivity contribution in [3.63, 3.8) is 0 Å². The smallest absolute Gasteiger partial charge is 0.305 e. The van der Waals surface area contributed by atoms with E-state index in [0.717, 1.165) is 70.6 Å². The highest BCUT2D eigenvalue weighted by atomic mass is 16.7. The van der Waals surface area contributed by atoms with Crippen molar-refractivity contribution >= 4 is 11.9 Å². The Bertz CT molecular complexity index is 1700. The van der Waals surface area contributed by atoms with Crippen LogP contribution in [-0.2, 0) is 23.8 Å². The van der Waals surface area contributed by atoms with Crippen molar-refractivity contribution in [2.45, 2.75) is 416 Å². The number of rotatable bonds is 69. The van der Waals surface area contributed by atoms with Gasteiger partial charge in [0, 0.05) is 12.8 Å². The lowest BCUT2D eigenvalue weighted by Crippen LogP contribution is -2.60. The van der Waals surface area contributed by atoms with Crippen molar-refractivity contribution in [3.8, 4) is 0 Å². The molecule has 6 N–H and O–H groups in total. The Morgan fingerprint density at radius 1 is 0.407 bits per heavy atom. The first-order chi connectivity index (χ1) is 44.7. The predicted molar refractivity (Wildman–Crippen MR) is 384 cm³/mol. The highest BCUT2D eigenvalue weighted by Crippen LogP contribution is 2.23. The van der Waals surface area contributed by atoms with Crippen LogP contribution in [0.15, 0.2) is 60.8 Å². The molecule has 0 aromatic rings. The van der Waals surface area contributed by atoms with Crippen LogP contribution in [0.5, 0.6) is 0 Å². The van der Waals surface area contributed by atoms with Gasteiger partial charge in [-0.2, -0.15) is 0 Å². The van der Waals surface area contributed by atoms with Crippen molar-refractivity contribution in [1.82, 2.24) is 5.32 Å². The third kappa shape index (κ3) is 57.3. The van der Waals surface area contributed by atoms with Crippen LogP contribution in [-0.4, -0.2) is 100 Å². The van der Waals surface area contributed by atoms with E-state index in [2.05, 4.69) is 67.8 Å². The minimum atomic E-state index is -1.57. The van der Waals surface area contributed by atoms with Gasteiger partial charge in [0.25, 0.3) is 0 Å². The van der Waals surface area contributed by atoms with E-state index in [1.807, 2.05) is 6.08 Å². The maximum Gasteiger partial charge on any atom is 0.305 e. The number of esters is 1. The zero-order valence-electron chi connectivity index (χ0n) is 59.3. The third-order valence-corrected chi connectivity index (χ3v) is 18.3. The van der Waals surface area contributed by atoms with Crippen LogP contribution >= 0.6 is 0 Å². The number of hydrogen-bond acceptors (Lipinski definition) is 10. The summed E-state index contributed by atoms with van der Waals surface area (Å²) in [5, 5.41) is 54.4. The minimum Gasteiger partial charge on any atom is -0.466 e. The molecular weight excluding hydrogens is 1130 g/mol. The summed E-state index contributed by atoms with van der Waals surface area (Å²) in [6.07, 6.45) is 82.5. The molecule has 0 saturated carbocycles. The topological polar surface area (TPSA) is 175 Å². The zero-order chi connectivity index (χ0) is 65.8. The Kier molecular flexibility index (Phi) is 65.2. The first-order valence-corrected chi connectivity index (χ1v) is 39.1. The van der Waals surface area contributed by atoms with Gasteiger partial charge in [0.1, 0.15) is 24.4 Å².